The molecule has 134 valence electrons. The van der Waals surface area contributed by atoms with E-state index in [1.165, 1.54) is 6.08 Å². The largest absolute Gasteiger partial charge is 0.491 e. The van der Waals surface area contributed by atoms with E-state index >= 15 is 0 Å². The first-order valence-electron chi connectivity index (χ1n) is 8.22. The van der Waals surface area contributed by atoms with Crippen LogP contribution in [0.3, 0.4) is 0 Å². The third-order valence-corrected chi connectivity index (χ3v) is 3.77. The number of hydrogen-bond donors (Lipinski definition) is 3. The van der Waals surface area contributed by atoms with E-state index in [1.54, 1.807) is 32.3 Å². The van der Waals surface area contributed by atoms with Crippen molar-refractivity contribution in [3.63, 3.8) is 0 Å². The minimum absolute atomic E-state index is 0.221. The average Bonchev–Trinajstić information content (AvgIpc) is 3.00. The number of hydrogen-bond acceptors (Lipinski definition) is 4. The highest BCUT2D eigenvalue weighted by atomic mass is 16.5. The lowest BCUT2D eigenvalue weighted by Crippen LogP contribution is -2.27. The number of rotatable bonds is 6. The number of H-pyrrole nitrogens is 1. The molecule has 6 heteroatoms. The van der Waals surface area contributed by atoms with Gasteiger partial charge in [-0.25, -0.2) is 4.98 Å². The molecule has 1 amide bonds. The van der Waals surface area contributed by atoms with E-state index < -0.39 is 11.5 Å². The Morgan fingerprint density at radius 1 is 1.31 bits per heavy atom. The van der Waals surface area contributed by atoms with Gasteiger partial charge in [0.05, 0.1) is 5.60 Å². The van der Waals surface area contributed by atoms with Crippen molar-refractivity contribution < 1.29 is 14.6 Å². The molecular weight excluding hydrogens is 330 g/mol. The normalized spacial score (nSPS) is 12.0. The fourth-order valence-electron chi connectivity index (χ4n) is 2.49. The van der Waals surface area contributed by atoms with Crippen molar-refractivity contribution in [2.75, 3.05) is 6.61 Å². The summed E-state index contributed by atoms with van der Waals surface area (Å²) in [5, 5.41) is 10.6. The lowest BCUT2D eigenvalue weighted by Gasteiger charge is -2.17. The fraction of sp³-hybridized carbons (Fsp3) is 0.200. The minimum atomic E-state index is -0.878. The number of carbonyl (C=O) groups excluding carboxylic acids is 1. The maximum atomic E-state index is 10.9. The van der Waals surface area contributed by atoms with Gasteiger partial charge in [-0.3, -0.25) is 4.79 Å². The first kappa shape index (κ1) is 17.7. The molecule has 0 bridgehead atoms. The summed E-state index contributed by atoms with van der Waals surface area (Å²) in [6, 6.07) is 9.60. The molecule has 1 aromatic carbocycles. The smallest absolute Gasteiger partial charge is 0.241 e. The highest BCUT2D eigenvalue weighted by molar-refractivity contribution is 5.95. The van der Waals surface area contributed by atoms with Gasteiger partial charge >= 0.3 is 0 Å². The van der Waals surface area contributed by atoms with Crippen LogP contribution < -0.4 is 10.5 Å². The van der Waals surface area contributed by atoms with Crippen molar-refractivity contribution in [3.05, 3.63) is 54.4 Å². The molecule has 0 aliphatic carbocycles. The Morgan fingerprint density at radius 3 is 2.69 bits per heavy atom. The van der Waals surface area contributed by atoms with Crippen LogP contribution in [0.5, 0.6) is 5.75 Å². The van der Waals surface area contributed by atoms with Gasteiger partial charge in [0.2, 0.25) is 5.91 Å². The number of aromatic amines is 1. The zero-order chi connectivity index (χ0) is 18.7. The molecule has 0 saturated heterocycles. The number of aliphatic hydroxyl groups is 1. The Morgan fingerprint density at radius 2 is 2.04 bits per heavy atom. The summed E-state index contributed by atoms with van der Waals surface area (Å²) in [6.45, 7) is 3.62. The summed E-state index contributed by atoms with van der Waals surface area (Å²) in [7, 11) is 0. The van der Waals surface area contributed by atoms with Gasteiger partial charge in [0.1, 0.15) is 18.0 Å². The summed E-state index contributed by atoms with van der Waals surface area (Å²) >= 11 is 0. The molecule has 3 rings (SSSR count). The van der Waals surface area contributed by atoms with Gasteiger partial charge in [-0.1, -0.05) is 12.1 Å². The number of fused-ring (bicyclic) bond motifs is 1. The van der Waals surface area contributed by atoms with Crippen molar-refractivity contribution in [1.29, 1.82) is 0 Å². The maximum Gasteiger partial charge on any atom is 0.241 e. The fourth-order valence-corrected chi connectivity index (χ4v) is 2.49. The highest BCUT2D eigenvalue weighted by Gasteiger charge is 2.13. The number of nitrogens with one attached hydrogen (secondary N) is 1. The van der Waals surface area contributed by atoms with Gasteiger partial charge < -0.3 is 20.6 Å². The number of nitrogens with zero attached hydrogens (tertiary/aromatic N) is 1. The Hall–Kier alpha value is -3.12. The van der Waals surface area contributed by atoms with Crippen molar-refractivity contribution >= 4 is 23.0 Å². The van der Waals surface area contributed by atoms with E-state index in [1.807, 2.05) is 30.3 Å². The molecular formula is C20H21N3O3. The second-order valence-corrected chi connectivity index (χ2v) is 6.73. The van der Waals surface area contributed by atoms with Gasteiger partial charge in [0.15, 0.2) is 0 Å². The SMILES string of the molecule is CC(C)(O)COc1ccc(-c2cnc3[nH]cc(C=CC(N)=O)c3c2)cc1. The molecule has 26 heavy (non-hydrogen) atoms. The van der Waals surface area contributed by atoms with E-state index in [4.69, 9.17) is 10.5 Å². The molecule has 3 aromatic rings. The molecule has 0 fully saturated rings. The number of ether oxygens (including phenoxy) is 1. The molecule has 0 aliphatic heterocycles. The summed E-state index contributed by atoms with van der Waals surface area (Å²) < 4.78 is 5.57. The van der Waals surface area contributed by atoms with Crippen molar-refractivity contribution in [1.82, 2.24) is 9.97 Å². The molecule has 0 saturated carbocycles. The van der Waals surface area contributed by atoms with Crippen LogP contribution in [-0.2, 0) is 4.79 Å². The topological polar surface area (TPSA) is 101 Å². The van der Waals surface area contributed by atoms with E-state index in [9.17, 15) is 9.90 Å². The van der Waals surface area contributed by atoms with Crippen LogP contribution in [0.4, 0.5) is 0 Å². The zero-order valence-electron chi connectivity index (χ0n) is 14.7. The van der Waals surface area contributed by atoms with Crippen LogP contribution in [0.25, 0.3) is 28.2 Å². The predicted molar refractivity (Wildman–Crippen MR) is 102 cm³/mol. The molecule has 0 radical (unpaired) electrons. The third kappa shape index (κ3) is 4.29. The third-order valence-electron chi connectivity index (χ3n) is 3.77. The molecule has 0 atom stereocenters. The van der Waals surface area contributed by atoms with Crippen LogP contribution >= 0.6 is 0 Å². The van der Waals surface area contributed by atoms with Gasteiger partial charge in [-0.05, 0) is 43.7 Å². The molecule has 2 aromatic heterocycles. The maximum absolute atomic E-state index is 10.9. The van der Waals surface area contributed by atoms with Crippen LogP contribution in [0, 0.1) is 0 Å². The van der Waals surface area contributed by atoms with Crippen LogP contribution in [0.15, 0.2) is 48.8 Å². The second-order valence-electron chi connectivity index (χ2n) is 6.73. The number of primary amides is 1. The lowest BCUT2D eigenvalue weighted by molar-refractivity contribution is -0.113. The van der Waals surface area contributed by atoms with E-state index in [0.29, 0.717) is 5.75 Å². The monoisotopic (exact) mass is 351 g/mol. The van der Waals surface area contributed by atoms with E-state index in [-0.39, 0.29) is 6.61 Å². The van der Waals surface area contributed by atoms with Gasteiger partial charge in [-0.2, -0.15) is 0 Å². The number of carbonyl (C=O) groups is 1. The quantitative estimate of drug-likeness (QED) is 0.594. The van der Waals surface area contributed by atoms with Crippen LogP contribution in [0.2, 0.25) is 0 Å². The number of benzene rings is 1. The van der Waals surface area contributed by atoms with Crippen molar-refractivity contribution in [2.24, 2.45) is 5.73 Å². The average molecular weight is 351 g/mol. The first-order valence-corrected chi connectivity index (χ1v) is 8.22. The minimum Gasteiger partial charge on any atom is -0.491 e. The summed E-state index contributed by atoms with van der Waals surface area (Å²) in [6.07, 6.45) is 6.56. The lowest BCUT2D eigenvalue weighted by atomic mass is 10.1. The molecule has 6 nitrogen and oxygen atoms in total. The van der Waals surface area contributed by atoms with Crippen molar-refractivity contribution in [2.45, 2.75) is 19.4 Å². The Bertz CT molecular complexity index is 951. The Balaban J connectivity index is 1.85. The number of pyridine rings is 1. The highest BCUT2D eigenvalue weighted by Crippen LogP contribution is 2.27. The Labute approximate surface area is 151 Å². The van der Waals surface area contributed by atoms with E-state index in [0.717, 1.165) is 27.7 Å². The van der Waals surface area contributed by atoms with Gasteiger partial charge in [0.25, 0.3) is 0 Å². The van der Waals surface area contributed by atoms with Crippen LogP contribution in [0.1, 0.15) is 19.4 Å². The summed E-state index contributed by atoms with van der Waals surface area (Å²) in [5.41, 5.74) is 7.80. The van der Waals surface area contributed by atoms with Crippen molar-refractivity contribution in [3.8, 4) is 16.9 Å². The van der Waals surface area contributed by atoms with E-state index in [2.05, 4.69) is 9.97 Å². The molecule has 4 N–H and O–H groups in total. The molecule has 0 unspecified atom stereocenters. The second kappa shape index (κ2) is 7.01. The van der Waals surface area contributed by atoms with Gasteiger partial charge in [-0.15, -0.1) is 0 Å². The number of aromatic nitrogens is 2. The molecule has 0 aliphatic rings. The molecule has 0 spiro atoms. The summed E-state index contributed by atoms with van der Waals surface area (Å²) in [4.78, 5) is 18.4. The van der Waals surface area contributed by atoms with Crippen LogP contribution in [-0.4, -0.2) is 33.2 Å². The number of amides is 1. The summed E-state index contributed by atoms with van der Waals surface area (Å²) in [5.74, 6) is 0.196. The number of nitrogens with two attached hydrogens (primary N) is 1. The Kier molecular flexibility index (Phi) is 4.77. The van der Waals surface area contributed by atoms with Gasteiger partial charge in [0, 0.05) is 35.0 Å². The molecule has 2 heterocycles. The standard InChI is InChI=1S/C20H21N3O3/c1-20(2,25)12-26-16-6-3-13(4-7-16)15-9-17-14(5-8-18(21)24)10-22-19(17)23-11-15/h3-11,25H,12H2,1-2H3,(H2,21,24)(H,22,23). The predicted octanol–water partition coefficient (Wildman–Crippen LogP) is 2.88. The zero-order valence-corrected chi connectivity index (χ0v) is 14.7. The first-order chi connectivity index (χ1) is 12.3.